The smallest absolute Gasteiger partial charge is 0.270 e. The van der Waals surface area contributed by atoms with Crippen LogP contribution in [0.1, 0.15) is 28.8 Å². The van der Waals surface area contributed by atoms with Crippen molar-refractivity contribution in [1.29, 1.82) is 5.26 Å². The van der Waals surface area contributed by atoms with Crippen LogP contribution in [0.5, 0.6) is 0 Å². The molecule has 0 N–H and O–H groups in total. The highest BCUT2D eigenvalue weighted by Gasteiger charge is 2.22. The number of hydrogen-bond acceptors (Lipinski definition) is 7. The average molecular weight is 398 g/mol. The number of hydrogen-bond donors (Lipinski definition) is 0. The van der Waals surface area contributed by atoms with E-state index in [1.54, 1.807) is 18.4 Å². The van der Waals surface area contributed by atoms with Crippen molar-refractivity contribution in [1.82, 2.24) is 9.55 Å². The van der Waals surface area contributed by atoms with Crippen molar-refractivity contribution in [3.8, 4) is 6.07 Å². The van der Waals surface area contributed by atoms with Gasteiger partial charge in [0.25, 0.3) is 11.2 Å². The van der Waals surface area contributed by atoms with Gasteiger partial charge in [-0.05, 0) is 37.3 Å². The van der Waals surface area contributed by atoms with E-state index in [0.29, 0.717) is 15.4 Å². The fourth-order valence-corrected chi connectivity index (χ4v) is 5.48. The summed E-state index contributed by atoms with van der Waals surface area (Å²) in [6.45, 7) is 0. The van der Waals surface area contributed by atoms with E-state index in [-0.39, 0.29) is 16.8 Å². The Kier molecular flexibility index (Phi) is 4.45. The van der Waals surface area contributed by atoms with Crippen molar-refractivity contribution in [3.05, 3.63) is 54.7 Å². The molecule has 1 aliphatic rings. The van der Waals surface area contributed by atoms with Gasteiger partial charge in [0.2, 0.25) is 0 Å². The first kappa shape index (κ1) is 17.7. The van der Waals surface area contributed by atoms with Crippen LogP contribution < -0.4 is 5.56 Å². The molecule has 0 radical (unpaired) electrons. The number of fused-ring (bicyclic) bond motifs is 3. The summed E-state index contributed by atoms with van der Waals surface area (Å²) < 4.78 is 1.50. The molecule has 136 valence electrons. The molecular weight excluding hydrogens is 384 g/mol. The Morgan fingerprint density at radius 2 is 2.15 bits per heavy atom. The van der Waals surface area contributed by atoms with Crippen LogP contribution in [0.3, 0.4) is 0 Å². The Morgan fingerprint density at radius 3 is 2.89 bits per heavy atom. The van der Waals surface area contributed by atoms with E-state index in [9.17, 15) is 20.2 Å². The van der Waals surface area contributed by atoms with Crippen LogP contribution in [0, 0.1) is 21.4 Å². The number of non-ortho nitro benzene ring substituents is 1. The normalized spacial score (nSPS) is 13.3. The number of nitrogens with zero attached hydrogens (tertiary/aromatic N) is 4. The molecule has 3 aromatic rings. The molecule has 0 atom stereocenters. The summed E-state index contributed by atoms with van der Waals surface area (Å²) >= 11 is 2.75. The van der Waals surface area contributed by atoms with Gasteiger partial charge in [-0.3, -0.25) is 19.5 Å². The standard InChI is InChI=1S/C18H14N4O3S2/c1-21-17(23)15-12-4-2-3-5-14(12)26-16(15)20-18(21)27-13-7-6-11(22(24)25)8-10(13)9-19/h6-8H,2-5H2,1H3. The Balaban J connectivity index is 1.82. The first-order valence-corrected chi connectivity index (χ1v) is 10.0. The molecule has 0 bridgehead atoms. The minimum absolute atomic E-state index is 0.0812. The molecule has 0 fully saturated rings. The van der Waals surface area contributed by atoms with E-state index in [1.165, 1.54) is 39.4 Å². The molecule has 1 aliphatic carbocycles. The minimum atomic E-state index is -0.536. The molecule has 0 saturated carbocycles. The van der Waals surface area contributed by atoms with Crippen molar-refractivity contribution < 1.29 is 4.92 Å². The van der Waals surface area contributed by atoms with Crippen LogP contribution in [0.2, 0.25) is 0 Å². The van der Waals surface area contributed by atoms with Gasteiger partial charge in [0.15, 0.2) is 5.16 Å². The topological polar surface area (TPSA) is 102 Å². The van der Waals surface area contributed by atoms with Crippen molar-refractivity contribution in [3.63, 3.8) is 0 Å². The summed E-state index contributed by atoms with van der Waals surface area (Å²) in [6, 6.07) is 6.10. The second-order valence-corrected chi connectivity index (χ2v) is 8.39. The minimum Gasteiger partial charge on any atom is -0.290 e. The van der Waals surface area contributed by atoms with Crippen LogP contribution in [-0.2, 0) is 19.9 Å². The van der Waals surface area contributed by atoms with Crippen molar-refractivity contribution in [2.75, 3.05) is 0 Å². The predicted octanol–water partition coefficient (Wildman–Crippen LogP) is 3.80. The molecule has 9 heteroatoms. The Bertz CT molecular complexity index is 1190. The van der Waals surface area contributed by atoms with Gasteiger partial charge in [-0.15, -0.1) is 11.3 Å². The maximum absolute atomic E-state index is 12.9. The van der Waals surface area contributed by atoms with Gasteiger partial charge in [0, 0.05) is 29.0 Å². The highest BCUT2D eigenvalue weighted by molar-refractivity contribution is 7.99. The number of nitro groups is 1. The Hall–Kier alpha value is -2.70. The third-order valence-corrected chi connectivity index (χ3v) is 6.96. The molecule has 0 unspecified atom stereocenters. The summed E-state index contributed by atoms with van der Waals surface area (Å²) in [5.74, 6) is 0. The van der Waals surface area contributed by atoms with E-state index in [4.69, 9.17) is 0 Å². The molecule has 2 aromatic heterocycles. The number of rotatable bonds is 3. The number of nitriles is 1. The zero-order chi connectivity index (χ0) is 19.1. The molecule has 7 nitrogen and oxygen atoms in total. The van der Waals surface area contributed by atoms with Crippen LogP contribution in [-0.4, -0.2) is 14.5 Å². The van der Waals surface area contributed by atoms with E-state index in [0.717, 1.165) is 36.1 Å². The summed E-state index contributed by atoms with van der Waals surface area (Å²) in [5.41, 5.74) is 1.11. The Labute approximate surface area is 162 Å². The molecule has 0 amide bonds. The van der Waals surface area contributed by atoms with Gasteiger partial charge >= 0.3 is 0 Å². The maximum Gasteiger partial charge on any atom is 0.270 e. The summed E-state index contributed by atoms with van der Waals surface area (Å²) in [4.78, 5) is 30.5. The Morgan fingerprint density at radius 1 is 1.37 bits per heavy atom. The molecule has 27 heavy (non-hydrogen) atoms. The molecule has 2 heterocycles. The van der Waals surface area contributed by atoms with Crippen LogP contribution in [0.15, 0.2) is 33.0 Å². The van der Waals surface area contributed by atoms with E-state index in [1.807, 2.05) is 6.07 Å². The van der Waals surface area contributed by atoms with Gasteiger partial charge in [0.1, 0.15) is 10.9 Å². The second-order valence-electron chi connectivity index (χ2n) is 6.30. The quantitative estimate of drug-likeness (QED) is 0.378. The molecule has 4 rings (SSSR count). The zero-order valence-corrected chi connectivity index (χ0v) is 16.0. The van der Waals surface area contributed by atoms with Crippen LogP contribution in [0.4, 0.5) is 5.69 Å². The number of nitro benzene ring substituents is 1. The van der Waals surface area contributed by atoms with Crippen molar-refractivity contribution in [2.24, 2.45) is 7.05 Å². The lowest BCUT2D eigenvalue weighted by Gasteiger charge is -2.11. The molecule has 0 aliphatic heterocycles. The molecular formula is C18H14N4O3S2. The van der Waals surface area contributed by atoms with Gasteiger partial charge in [-0.1, -0.05) is 11.8 Å². The third-order valence-electron chi connectivity index (χ3n) is 4.65. The van der Waals surface area contributed by atoms with E-state index in [2.05, 4.69) is 4.98 Å². The number of aromatic nitrogens is 2. The molecule has 1 aromatic carbocycles. The third kappa shape index (κ3) is 3.01. The van der Waals surface area contributed by atoms with Crippen LogP contribution in [0.25, 0.3) is 10.2 Å². The first-order valence-electron chi connectivity index (χ1n) is 8.37. The summed E-state index contributed by atoms with van der Waals surface area (Å²) in [7, 11) is 1.67. The van der Waals surface area contributed by atoms with Crippen molar-refractivity contribution in [2.45, 2.75) is 35.7 Å². The zero-order valence-electron chi connectivity index (χ0n) is 14.4. The number of thiophene rings is 1. The fraction of sp³-hybridized carbons (Fsp3) is 0.278. The van der Waals surface area contributed by atoms with Gasteiger partial charge in [-0.2, -0.15) is 5.26 Å². The van der Waals surface area contributed by atoms with E-state index >= 15 is 0 Å². The maximum atomic E-state index is 12.9. The average Bonchev–Trinajstić information content (AvgIpc) is 3.04. The highest BCUT2D eigenvalue weighted by Crippen LogP contribution is 2.36. The lowest BCUT2D eigenvalue weighted by molar-refractivity contribution is -0.384. The number of benzene rings is 1. The largest absolute Gasteiger partial charge is 0.290 e. The molecule has 0 spiro atoms. The predicted molar refractivity (Wildman–Crippen MR) is 103 cm³/mol. The number of aryl methyl sites for hydroxylation is 2. The van der Waals surface area contributed by atoms with Gasteiger partial charge < -0.3 is 0 Å². The van der Waals surface area contributed by atoms with Crippen LogP contribution >= 0.6 is 23.1 Å². The van der Waals surface area contributed by atoms with E-state index < -0.39 is 4.92 Å². The second kappa shape index (κ2) is 6.79. The summed E-state index contributed by atoms with van der Waals surface area (Å²) in [5, 5.41) is 21.4. The lowest BCUT2D eigenvalue weighted by atomic mass is 9.97. The first-order chi connectivity index (χ1) is 13.0. The lowest BCUT2D eigenvalue weighted by Crippen LogP contribution is -2.20. The van der Waals surface area contributed by atoms with Crippen molar-refractivity contribution >= 4 is 39.0 Å². The monoisotopic (exact) mass is 398 g/mol. The van der Waals surface area contributed by atoms with Gasteiger partial charge in [-0.25, -0.2) is 4.98 Å². The highest BCUT2D eigenvalue weighted by atomic mass is 32.2. The summed E-state index contributed by atoms with van der Waals surface area (Å²) in [6.07, 6.45) is 4.13. The SMILES string of the molecule is Cn1c(Sc2ccc([N+](=O)[O-])cc2C#N)nc2sc3c(c2c1=O)CCCC3. The van der Waals surface area contributed by atoms with Gasteiger partial charge in [0.05, 0.1) is 15.9 Å². The molecule has 0 saturated heterocycles. The fourth-order valence-electron chi connectivity index (χ4n) is 3.26.